The largest absolute Gasteiger partial charge is 0.508 e. The molecule has 1 aliphatic heterocycles. The molecule has 1 N–H and O–H groups in total. The predicted octanol–water partition coefficient (Wildman–Crippen LogP) is 2.35. The first-order valence-electron chi connectivity index (χ1n) is 5.99. The van der Waals surface area contributed by atoms with Crippen molar-refractivity contribution in [2.24, 2.45) is 0 Å². The third-order valence-corrected chi connectivity index (χ3v) is 3.18. The summed E-state index contributed by atoms with van der Waals surface area (Å²) in [5, 5.41) is 9.58. The Morgan fingerprint density at radius 1 is 1.24 bits per heavy atom. The molecule has 1 saturated heterocycles. The zero-order valence-electron chi connectivity index (χ0n) is 11.0. The van der Waals surface area contributed by atoms with Crippen LogP contribution in [0.3, 0.4) is 0 Å². The SMILES string of the molecule is CN1CC(C)(C)OC(C)(c2cccc(O)c2)C1. The van der Waals surface area contributed by atoms with Crippen molar-refractivity contribution in [1.29, 1.82) is 0 Å². The Morgan fingerprint density at radius 3 is 2.53 bits per heavy atom. The van der Waals surface area contributed by atoms with Crippen molar-refractivity contribution in [2.45, 2.75) is 32.0 Å². The number of phenolic OH excluding ortho intramolecular Hbond substituents is 1. The lowest BCUT2D eigenvalue weighted by molar-refractivity contribution is -0.190. The fourth-order valence-electron chi connectivity index (χ4n) is 2.88. The molecule has 1 aliphatic rings. The van der Waals surface area contributed by atoms with Gasteiger partial charge in [0.2, 0.25) is 0 Å². The normalized spacial score (nSPS) is 29.2. The van der Waals surface area contributed by atoms with Crippen molar-refractivity contribution in [3.05, 3.63) is 29.8 Å². The molecule has 3 heteroatoms. The number of ether oxygens (including phenoxy) is 1. The maximum Gasteiger partial charge on any atom is 0.115 e. The molecule has 1 aromatic rings. The van der Waals surface area contributed by atoms with E-state index in [2.05, 4.69) is 32.7 Å². The van der Waals surface area contributed by atoms with E-state index in [9.17, 15) is 5.11 Å². The molecule has 0 spiro atoms. The van der Waals surface area contributed by atoms with Crippen molar-refractivity contribution >= 4 is 0 Å². The van der Waals surface area contributed by atoms with E-state index >= 15 is 0 Å². The number of nitrogens with zero attached hydrogens (tertiary/aromatic N) is 1. The molecule has 94 valence electrons. The minimum absolute atomic E-state index is 0.173. The number of hydrogen-bond acceptors (Lipinski definition) is 3. The van der Waals surface area contributed by atoms with E-state index in [1.165, 1.54) is 0 Å². The smallest absolute Gasteiger partial charge is 0.115 e. The number of morpholine rings is 1. The van der Waals surface area contributed by atoms with Crippen LogP contribution in [0.2, 0.25) is 0 Å². The number of aromatic hydroxyl groups is 1. The maximum atomic E-state index is 9.58. The van der Waals surface area contributed by atoms with Crippen LogP contribution in [0, 0.1) is 0 Å². The first-order valence-corrected chi connectivity index (χ1v) is 5.99. The van der Waals surface area contributed by atoms with Crippen molar-refractivity contribution < 1.29 is 9.84 Å². The molecule has 0 amide bonds. The maximum absolute atomic E-state index is 9.58. The topological polar surface area (TPSA) is 32.7 Å². The van der Waals surface area contributed by atoms with E-state index in [0.717, 1.165) is 18.7 Å². The van der Waals surface area contributed by atoms with E-state index in [4.69, 9.17) is 4.74 Å². The second kappa shape index (κ2) is 4.00. The highest BCUT2D eigenvalue weighted by Crippen LogP contribution is 2.36. The molecule has 0 saturated carbocycles. The zero-order chi connectivity index (χ0) is 12.7. The summed E-state index contributed by atoms with van der Waals surface area (Å²) >= 11 is 0. The molecule has 0 aliphatic carbocycles. The van der Waals surface area contributed by atoms with Crippen LogP contribution in [-0.4, -0.2) is 35.7 Å². The Kier molecular flexibility index (Phi) is 2.92. The number of phenols is 1. The number of rotatable bonds is 1. The van der Waals surface area contributed by atoms with E-state index in [-0.39, 0.29) is 11.2 Å². The molecular weight excluding hydrogens is 214 g/mol. The van der Waals surface area contributed by atoms with Crippen LogP contribution in [0.1, 0.15) is 26.3 Å². The van der Waals surface area contributed by atoms with Crippen LogP contribution in [0.5, 0.6) is 5.75 Å². The molecule has 0 bridgehead atoms. The van der Waals surface area contributed by atoms with Crippen LogP contribution in [-0.2, 0) is 10.3 Å². The van der Waals surface area contributed by atoms with Gasteiger partial charge in [0.05, 0.1) is 5.60 Å². The van der Waals surface area contributed by atoms with E-state index < -0.39 is 0 Å². The van der Waals surface area contributed by atoms with Crippen molar-refractivity contribution in [1.82, 2.24) is 4.90 Å². The standard InChI is InChI=1S/C14H21NO2/c1-13(2)9-15(4)10-14(3,17-13)11-6-5-7-12(16)8-11/h5-8,16H,9-10H2,1-4H3. The predicted molar refractivity (Wildman–Crippen MR) is 68.1 cm³/mol. The Labute approximate surface area is 103 Å². The highest BCUT2D eigenvalue weighted by atomic mass is 16.5. The van der Waals surface area contributed by atoms with Crippen LogP contribution in [0.25, 0.3) is 0 Å². The summed E-state index contributed by atoms with van der Waals surface area (Å²) in [6, 6.07) is 7.34. The van der Waals surface area contributed by atoms with Gasteiger partial charge in [-0.05, 0) is 45.5 Å². The minimum atomic E-state index is -0.366. The lowest BCUT2D eigenvalue weighted by Gasteiger charge is -2.47. The first-order chi connectivity index (χ1) is 7.81. The molecule has 1 heterocycles. The van der Waals surface area contributed by atoms with Gasteiger partial charge in [0.15, 0.2) is 0 Å². The average Bonchev–Trinajstić information content (AvgIpc) is 2.13. The van der Waals surface area contributed by atoms with Crippen LogP contribution in [0.4, 0.5) is 0 Å². The van der Waals surface area contributed by atoms with Gasteiger partial charge in [-0.25, -0.2) is 0 Å². The molecule has 2 rings (SSSR count). The molecule has 0 radical (unpaired) electrons. The van der Waals surface area contributed by atoms with Crippen LogP contribution in [0.15, 0.2) is 24.3 Å². The molecule has 1 fully saturated rings. The highest BCUT2D eigenvalue weighted by Gasteiger charge is 2.41. The van der Waals surface area contributed by atoms with Crippen molar-refractivity contribution in [3.63, 3.8) is 0 Å². The van der Waals surface area contributed by atoms with Gasteiger partial charge in [-0.15, -0.1) is 0 Å². The van der Waals surface area contributed by atoms with Crippen LogP contribution >= 0.6 is 0 Å². The summed E-state index contributed by atoms with van der Waals surface area (Å²) in [5.41, 5.74) is 0.486. The zero-order valence-corrected chi connectivity index (χ0v) is 11.0. The molecule has 1 unspecified atom stereocenters. The molecule has 3 nitrogen and oxygen atoms in total. The van der Waals surface area contributed by atoms with Crippen molar-refractivity contribution in [2.75, 3.05) is 20.1 Å². The second-order valence-electron chi connectivity index (χ2n) is 5.82. The van der Waals surface area contributed by atoms with Gasteiger partial charge in [-0.1, -0.05) is 12.1 Å². The van der Waals surface area contributed by atoms with Gasteiger partial charge in [0.1, 0.15) is 11.4 Å². The van der Waals surface area contributed by atoms with Gasteiger partial charge in [0, 0.05) is 13.1 Å². The van der Waals surface area contributed by atoms with Gasteiger partial charge >= 0.3 is 0 Å². The summed E-state index contributed by atoms with van der Waals surface area (Å²) < 4.78 is 6.22. The van der Waals surface area contributed by atoms with Gasteiger partial charge < -0.3 is 14.7 Å². The molecule has 0 aromatic heterocycles. The lowest BCUT2D eigenvalue weighted by Crippen LogP contribution is -2.55. The second-order valence-corrected chi connectivity index (χ2v) is 5.82. The van der Waals surface area contributed by atoms with Gasteiger partial charge in [0.25, 0.3) is 0 Å². The summed E-state index contributed by atoms with van der Waals surface area (Å²) in [6.07, 6.45) is 0. The Hall–Kier alpha value is -1.06. The third kappa shape index (κ3) is 2.61. The van der Waals surface area contributed by atoms with Crippen LogP contribution < -0.4 is 0 Å². The highest BCUT2D eigenvalue weighted by molar-refractivity contribution is 5.32. The van der Waals surface area contributed by atoms with E-state index in [1.807, 2.05) is 12.1 Å². The lowest BCUT2D eigenvalue weighted by atomic mass is 9.90. The Balaban J connectivity index is 2.35. The molecule has 17 heavy (non-hydrogen) atoms. The summed E-state index contributed by atoms with van der Waals surface area (Å²) in [5.74, 6) is 0.290. The fraction of sp³-hybridized carbons (Fsp3) is 0.571. The van der Waals surface area contributed by atoms with Crippen molar-refractivity contribution in [3.8, 4) is 5.75 Å². The third-order valence-electron chi connectivity index (χ3n) is 3.18. The van der Waals surface area contributed by atoms with E-state index in [0.29, 0.717) is 5.75 Å². The van der Waals surface area contributed by atoms with Gasteiger partial charge in [-0.3, -0.25) is 0 Å². The Bertz CT molecular complexity index is 416. The summed E-state index contributed by atoms with van der Waals surface area (Å²) in [4.78, 5) is 2.27. The molecular formula is C14H21NO2. The first kappa shape index (κ1) is 12.4. The van der Waals surface area contributed by atoms with E-state index in [1.54, 1.807) is 12.1 Å². The monoisotopic (exact) mass is 235 g/mol. The number of likely N-dealkylation sites (N-methyl/N-ethyl adjacent to an activating group) is 1. The minimum Gasteiger partial charge on any atom is -0.508 e. The molecule has 1 aromatic carbocycles. The fourth-order valence-corrected chi connectivity index (χ4v) is 2.88. The Morgan fingerprint density at radius 2 is 1.94 bits per heavy atom. The number of hydrogen-bond donors (Lipinski definition) is 1. The summed E-state index contributed by atoms with van der Waals surface area (Å²) in [7, 11) is 2.10. The summed E-state index contributed by atoms with van der Waals surface area (Å²) in [6.45, 7) is 8.04. The quantitative estimate of drug-likeness (QED) is 0.811. The average molecular weight is 235 g/mol. The number of benzene rings is 1. The van der Waals surface area contributed by atoms with Gasteiger partial charge in [-0.2, -0.15) is 0 Å². The molecule has 1 atom stereocenters.